The summed E-state index contributed by atoms with van der Waals surface area (Å²) in [4.78, 5) is 17.5. The van der Waals surface area contributed by atoms with Gasteiger partial charge in [-0.2, -0.15) is 10.1 Å². The number of carbonyl (C=O) groups excluding carboxylic acids is 1. The van der Waals surface area contributed by atoms with Gasteiger partial charge in [-0.25, -0.2) is 4.68 Å². The number of hydrogen-bond acceptors (Lipinski definition) is 5. The SMILES string of the molecule is O=C1C[C@@H](c2cccc(Cl)c2)CC2=C1[C@H](c1ccc(O)cc1)n1ncnc1N2. The van der Waals surface area contributed by atoms with E-state index in [9.17, 15) is 9.90 Å². The largest absolute Gasteiger partial charge is 0.508 e. The van der Waals surface area contributed by atoms with Crippen molar-refractivity contribution in [2.24, 2.45) is 0 Å². The number of allylic oxidation sites excluding steroid dienone is 2. The van der Waals surface area contributed by atoms with Crippen molar-refractivity contribution in [1.82, 2.24) is 14.8 Å². The van der Waals surface area contributed by atoms with E-state index in [-0.39, 0.29) is 23.5 Å². The Balaban J connectivity index is 1.59. The fourth-order valence-corrected chi connectivity index (χ4v) is 4.31. The monoisotopic (exact) mass is 392 g/mol. The molecule has 140 valence electrons. The lowest BCUT2D eigenvalue weighted by molar-refractivity contribution is -0.116. The summed E-state index contributed by atoms with van der Waals surface area (Å²) in [5, 5.41) is 17.9. The molecule has 0 spiro atoms. The minimum atomic E-state index is -0.359. The topological polar surface area (TPSA) is 80.0 Å². The van der Waals surface area contributed by atoms with E-state index in [1.165, 1.54) is 6.33 Å². The van der Waals surface area contributed by atoms with E-state index in [0.29, 0.717) is 29.4 Å². The Morgan fingerprint density at radius 1 is 1.11 bits per heavy atom. The number of phenols is 1. The highest BCUT2D eigenvalue weighted by molar-refractivity contribution is 6.30. The van der Waals surface area contributed by atoms with Crippen LogP contribution in [-0.2, 0) is 4.79 Å². The normalized spacial score (nSPS) is 21.1. The van der Waals surface area contributed by atoms with Gasteiger partial charge in [-0.3, -0.25) is 4.79 Å². The molecular formula is C21H17ClN4O2. The Labute approximate surface area is 166 Å². The second-order valence-electron chi connectivity index (χ2n) is 7.12. The van der Waals surface area contributed by atoms with Gasteiger partial charge in [0.25, 0.3) is 0 Å². The van der Waals surface area contributed by atoms with Crippen LogP contribution in [-0.4, -0.2) is 25.7 Å². The number of fused-ring (bicyclic) bond motifs is 1. The van der Waals surface area contributed by atoms with Gasteiger partial charge in [-0.1, -0.05) is 35.9 Å². The van der Waals surface area contributed by atoms with E-state index in [1.807, 2.05) is 36.4 Å². The quantitative estimate of drug-likeness (QED) is 0.687. The van der Waals surface area contributed by atoms with Crippen LogP contribution in [0, 0.1) is 0 Å². The van der Waals surface area contributed by atoms with Crippen LogP contribution in [0.25, 0.3) is 0 Å². The average Bonchev–Trinajstić information content (AvgIpc) is 3.15. The lowest BCUT2D eigenvalue weighted by Crippen LogP contribution is -2.33. The van der Waals surface area contributed by atoms with Crippen molar-refractivity contribution in [3.63, 3.8) is 0 Å². The molecule has 0 radical (unpaired) electrons. The zero-order valence-corrected chi connectivity index (χ0v) is 15.6. The smallest absolute Gasteiger partial charge is 0.226 e. The van der Waals surface area contributed by atoms with Gasteiger partial charge in [0.1, 0.15) is 18.1 Å². The Morgan fingerprint density at radius 2 is 1.93 bits per heavy atom. The van der Waals surface area contributed by atoms with Crippen molar-refractivity contribution in [1.29, 1.82) is 0 Å². The number of phenolic OH excluding ortho intramolecular Hbond substituents is 1. The number of carbonyl (C=O) groups is 1. The maximum Gasteiger partial charge on any atom is 0.226 e. The molecule has 1 aromatic heterocycles. The minimum Gasteiger partial charge on any atom is -0.508 e. The van der Waals surface area contributed by atoms with Crippen LogP contribution in [0.4, 0.5) is 5.95 Å². The molecule has 28 heavy (non-hydrogen) atoms. The van der Waals surface area contributed by atoms with Crippen LogP contribution in [0.3, 0.4) is 0 Å². The van der Waals surface area contributed by atoms with E-state index in [0.717, 1.165) is 16.8 Å². The lowest BCUT2D eigenvalue weighted by atomic mass is 9.78. The summed E-state index contributed by atoms with van der Waals surface area (Å²) in [6.07, 6.45) is 2.59. The van der Waals surface area contributed by atoms with Crippen LogP contribution in [0.1, 0.15) is 35.9 Å². The zero-order chi connectivity index (χ0) is 19.3. The molecule has 2 atom stereocenters. The predicted octanol–water partition coefficient (Wildman–Crippen LogP) is 4.05. The lowest BCUT2D eigenvalue weighted by Gasteiger charge is -2.35. The first-order valence-corrected chi connectivity index (χ1v) is 9.45. The molecule has 0 amide bonds. The molecule has 0 saturated carbocycles. The third-order valence-corrected chi connectivity index (χ3v) is 5.63. The number of halogens is 1. The second-order valence-corrected chi connectivity index (χ2v) is 7.56. The van der Waals surface area contributed by atoms with E-state index < -0.39 is 0 Å². The minimum absolute atomic E-state index is 0.0624. The van der Waals surface area contributed by atoms with Gasteiger partial charge in [-0.15, -0.1) is 0 Å². The van der Waals surface area contributed by atoms with Crippen molar-refractivity contribution in [3.05, 3.63) is 82.3 Å². The number of Topliss-reactive ketones (excluding diaryl/α,β-unsaturated/α-hetero) is 1. The number of hydrogen-bond donors (Lipinski definition) is 2. The maximum atomic E-state index is 13.2. The predicted molar refractivity (Wildman–Crippen MR) is 105 cm³/mol. The summed E-state index contributed by atoms with van der Waals surface area (Å²) >= 11 is 6.15. The highest BCUT2D eigenvalue weighted by Crippen LogP contribution is 2.44. The first kappa shape index (κ1) is 17.0. The fourth-order valence-electron chi connectivity index (χ4n) is 4.11. The average molecular weight is 393 g/mol. The van der Waals surface area contributed by atoms with Crippen LogP contribution >= 0.6 is 11.6 Å². The standard InChI is InChI=1S/C21H17ClN4O2/c22-15-3-1-2-13(8-15)14-9-17-19(18(28)10-14)20(12-4-6-16(27)7-5-12)26-21(25-17)23-11-24-26/h1-8,11,14,20,27H,9-10H2,(H,23,24,25)/t14-,20-/m0/s1. The van der Waals surface area contributed by atoms with E-state index in [2.05, 4.69) is 15.4 Å². The second kappa shape index (κ2) is 6.49. The Hall–Kier alpha value is -3.12. The number of anilines is 1. The van der Waals surface area contributed by atoms with Gasteiger partial charge in [0.05, 0.1) is 0 Å². The van der Waals surface area contributed by atoms with Crippen molar-refractivity contribution in [2.75, 3.05) is 5.32 Å². The molecule has 2 aromatic carbocycles. The molecule has 0 bridgehead atoms. The van der Waals surface area contributed by atoms with E-state index >= 15 is 0 Å². The number of rotatable bonds is 2. The third kappa shape index (κ3) is 2.77. The van der Waals surface area contributed by atoms with Gasteiger partial charge in [-0.05, 0) is 47.7 Å². The number of nitrogens with one attached hydrogen (secondary N) is 1. The molecule has 0 unspecified atom stereocenters. The molecule has 5 rings (SSSR count). The van der Waals surface area contributed by atoms with Gasteiger partial charge in [0.15, 0.2) is 5.78 Å². The number of nitrogens with zero attached hydrogens (tertiary/aromatic N) is 3. The van der Waals surface area contributed by atoms with Gasteiger partial charge in [0.2, 0.25) is 5.95 Å². The highest BCUT2D eigenvalue weighted by atomic mass is 35.5. The molecule has 1 aliphatic carbocycles. The maximum absolute atomic E-state index is 13.2. The van der Waals surface area contributed by atoms with Crippen LogP contribution < -0.4 is 5.32 Å². The summed E-state index contributed by atoms with van der Waals surface area (Å²) in [6, 6.07) is 14.2. The summed E-state index contributed by atoms with van der Waals surface area (Å²) in [7, 11) is 0. The van der Waals surface area contributed by atoms with Crippen molar-refractivity contribution < 1.29 is 9.90 Å². The van der Waals surface area contributed by atoms with E-state index in [4.69, 9.17) is 11.6 Å². The van der Waals surface area contributed by atoms with Gasteiger partial charge < -0.3 is 10.4 Å². The number of benzene rings is 2. The highest BCUT2D eigenvalue weighted by Gasteiger charge is 2.39. The van der Waals surface area contributed by atoms with Crippen LogP contribution in [0.5, 0.6) is 5.75 Å². The number of ketones is 1. The summed E-state index contributed by atoms with van der Waals surface area (Å²) in [5.41, 5.74) is 3.53. The molecule has 1 aliphatic heterocycles. The van der Waals surface area contributed by atoms with Gasteiger partial charge in [0, 0.05) is 22.7 Å². The zero-order valence-electron chi connectivity index (χ0n) is 14.8. The molecule has 2 N–H and O–H groups in total. The summed E-state index contributed by atoms with van der Waals surface area (Å²) in [6.45, 7) is 0. The number of aromatic nitrogens is 3. The molecule has 7 heteroatoms. The molecule has 6 nitrogen and oxygen atoms in total. The molecule has 3 aromatic rings. The first-order valence-electron chi connectivity index (χ1n) is 9.07. The summed E-state index contributed by atoms with van der Waals surface area (Å²) < 4.78 is 1.73. The van der Waals surface area contributed by atoms with Crippen molar-refractivity contribution in [2.45, 2.75) is 24.8 Å². The Morgan fingerprint density at radius 3 is 2.71 bits per heavy atom. The van der Waals surface area contributed by atoms with Crippen LogP contribution in [0.15, 0.2) is 66.1 Å². The Bertz CT molecular complexity index is 1100. The molecule has 0 fully saturated rings. The molecular weight excluding hydrogens is 376 g/mol. The van der Waals surface area contributed by atoms with Crippen molar-refractivity contribution in [3.8, 4) is 5.75 Å². The van der Waals surface area contributed by atoms with Crippen LogP contribution in [0.2, 0.25) is 5.02 Å². The van der Waals surface area contributed by atoms with E-state index in [1.54, 1.807) is 16.8 Å². The number of aromatic hydroxyl groups is 1. The Kier molecular flexibility index (Phi) is 3.94. The third-order valence-electron chi connectivity index (χ3n) is 5.39. The summed E-state index contributed by atoms with van der Waals surface area (Å²) in [5.74, 6) is 0.934. The van der Waals surface area contributed by atoms with Gasteiger partial charge >= 0.3 is 0 Å². The molecule has 0 saturated heterocycles. The molecule has 2 aliphatic rings. The van der Waals surface area contributed by atoms with Crippen molar-refractivity contribution >= 4 is 23.3 Å². The first-order chi connectivity index (χ1) is 13.6. The fraction of sp³-hybridized carbons (Fsp3) is 0.190. The molecule has 2 heterocycles.